The molecule has 9 heteroatoms. The molecule has 17 heavy (non-hydrogen) atoms. The largest absolute Gasteiger partial charge is 0.650 e. The molecule has 0 aliphatic rings. The van der Waals surface area contributed by atoms with Crippen LogP contribution in [0.2, 0.25) is 0 Å². The molecule has 0 heterocycles. The Morgan fingerprint density at radius 3 is 1.59 bits per heavy atom. The molecule has 0 amide bonds. The van der Waals surface area contributed by atoms with E-state index in [1.165, 1.54) is 6.47 Å². The van der Waals surface area contributed by atoms with Crippen molar-refractivity contribution >= 4 is 6.47 Å². The second-order valence-electron chi connectivity index (χ2n) is 1.86. The van der Waals surface area contributed by atoms with Crippen LogP contribution in [0.25, 0.3) is 0 Å². The van der Waals surface area contributed by atoms with E-state index in [-0.39, 0.29) is 147 Å². The van der Waals surface area contributed by atoms with Crippen LogP contribution in [0, 0.1) is 0 Å². The van der Waals surface area contributed by atoms with Gasteiger partial charge in [-0.3, -0.25) is 0 Å². The van der Waals surface area contributed by atoms with Crippen LogP contribution in [0.3, 0.4) is 0 Å². The third-order valence-electron chi connectivity index (χ3n) is 1.14. The minimum absolute atomic E-state index is 0. The molecule has 0 fully saturated rings. The van der Waals surface area contributed by atoms with E-state index < -0.39 is 0 Å². The number of carbonyl (C=O) groups excluding carboxylic acids is 1. The summed E-state index contributed by atoms with van der Waals surface area (Å²) < 4.78 is 4.41. The standard InChI is InChI=1S/C8H7O2.7W/c9-7-10-6-8-4-2-1-3-5-8;;;;;;;/h1-5H,6H2;;;;;;;/q-1;;;;;;;. The fourth-order valence-electron chi connectivity index (χ4n) is 0.687. The van der Waals surface area contributed by atoms with Gasteiger partial charge in [0.2, 0.25) is 0 Å². The summed E-state index contributed by atoms with van der Waals surface area (Å²) in [5.74, 6) is 0. The van der Waals surface area contributed by atoms with E-state index in [1.54, 1.807) is 0 Å². The Balaban J connectivity index is -0.0000000286. The van der Waals surface area contributed by atoms with Crippen molar-refractivity contribution in [1.29, 1.82) is 0 Å². The van der Waals surface area contributed by atoms with Crippen LogP contribution < -0.4 is 0 Å². The van der Waals surface area contributed by atoms with Crippen molar-refractivity contribution in [2.24, 2.45) is 0 Å². The summed E-state index contributed by atoms with van der Waals surface area (Å²) in [6.07, 6.45) is 0. The van der Waals surface area contributed by atoms with Gasteiger partial charge in [-0.1, -0.05) is 36.8 Å². The molecule has 0 N–H and O–H groups in total. The molecule has 2 nitrogen and oxygen atoms in total. The summed E-state index contributed by atoms with van der Waals surface area (Å²) in [4.78, 5) is 9.63. The van der Waals surface area contributed by atoms with Crippen LogP contribution in [0.15, 0.2) is 30.3 Å². The summed E-state index contributed by atoms with van der Waals surface area (Å²) in [5.41, 5.74) is 0.978. The monoisotopic (exact) mass is 1420 g/mol. The fraction of sp³-hybridized carbons (Fsp3) is 0.125. The van der Waals surface area contributed by atoms with Crippen molar-refractivity contribution in [3.05, 3.63) is 35.9 Å². The van der Waals surface area contributed by atoms with Crippen LogP contribution in [0.1, 0.15) is 5.56 Å². The SMILES string of the molecule is O=[C-]OCc1ccccc1.[W].[W].[W].[W].[W].[W].[W]. The molecule has 0 bridgehead atoms. The first-order valence-corrected chi connectivity index (χ1v) is 2.96. The first kappa shape index (κ1) is 42.8. The summed E-state index contributed by atoms with van der Waals surface area (Å²) in [7, 11) is 0. The number of hydrogen-bond donors (Lipinski definition) is 0. The molecule has 0 unspecified atom stereocenters. The Hall–Kier alpha value is 3.51. The maximum atomic E-state index is 9.63. The Labute approximate surface area is 202 Å². The molecule has 0 aliphatic heterocycles. The first-order chi connectivity index (χ1) is 4.93. The van der Waals surface area contributed by atoms with Crippen LogP contribution in [-0.2, 0) is 164 Å². The van der Waals surface area contributed by atoms with Crippen molar-refractivity contribution in [2.45, 2.75) is 6.61 Å². The van der Waals surface area contributed by atoms with Gasteiger partial charge in [0.05, 0.1) is 6.61 Å². The molecule has 0 aliphatic carbocycles. The third-order valence-corrected chi connectivity index (χ3v) is 1.14. The van der Waals surface area contributed by atoms with E-state index in [4.69, 9.17) is 0 Å². The summed E-state index contributed by atoms with van der Waals surface area (Å²) in [5, 5.41) is 0. The van der Waals surface area contributed by atoms with Crippen molar-refractivity contribution in [1.82, 2.24) is 0 Å². The number of ether oxygens (including phenoxy) is 1. The van der Waals surface area contributed by atoms with E-state index in [1.807, 2.05) is 30.3 Å². The zero-order valence-electron chi connectivity index (χ0n) is 8.27. The van der Waals surface area contributed by atoms with Gasteiger partial charge in [0.1, 0.15) is 0 Å². The molecule has 1 aromatic rings. The van der Waals surface area contributed by atoms with Crippen LogP contribution >= 0.6 is 0 Å². The van der Waals surface area contributed by atoms with Gasteiger partial charge in [0.15, 0.2) is 0 Å². The maximum Gasteiger partial charge on any atom is 0.0745 e. The quantitative estimate of drug-likeness (QED) is 0.427. The Morgan fingerprint density at radius 2 is 1.24 bits per heavy atom. The van der Waals surface area contributed by atoms with E-state index >= 15 is 0 Å². The number of hydrogen-bond acceptors (Lipinski definition) is 2. The molecule has 0 radical (unpaired) electrons. The zero-order valence-corrected chi connectivity index (χ0v) is 28.8. The molecule has 1 aromatic carbocycles. The average Bonchev–Trinajstić information content (AvgIpc) is 2.03. The van der Waals surface area contributed by atoms with Gasteiger partial charge in [-0.05, 0) is 5.56 Å². The predicted molar refractivity (Wildman–Crippen MR) is 36.9 cm³/mol. The minimum Gasteiger partial charge on any atom is -0.650 e. The van der Waals surface area contributed by atoms with Crippen LogP contribution in [-0.4, -0.2) is 6.47 Å². The average molecular weight is 1420 g/mol. The smallest absolute Gasteiger partial charge is 0.0745 e. The second-order valence-corrected chi connectivity index (χ2v) is 1.86. The van der Waals surface area contributed by atoms with Gasteiger partial charge in [-0.25, -0.2) is 0 Å². The van der Waals surface area contributed by atoms with E-state index in [2.05, 4.69) is 4.74 Å². The molecular formula is C8H7O2W7-. The molecule has 0 saturated heterocycles. The second kappa shape index (κ2) is 31.7. The van der Waals surface area contributed by atoms with E-state index in [0.717, 1.165) is 5.56 Å². The van der Waals surface area contributed by atoms with Crippen LogP contribution in [0.5, 0.6) is 0 Å². The van der Waals surface area contributed by atoms with E-state index in [9.17, 15) is 4.79 Å². The molecule has 94 valence electrons. The summed E-state index contributed by atoms with van der Waals surface area (Å²) >= 11 is 0. The van der Waals surface area contributed by atoms with Crippen molar-refractivity contribution < 1.29 is 157 Å². The van der Waals surface area contributed by atoms with Gasteiger partial charge in [-0.2, -0.15) is 0 Å². The van der Waals surface area contributed by atoms with Crippen LogP contribution in [0.4, 0.5) is 0 Å². The molecule has 0 aromatic heterocycles. The molecule has 0 atom stereocenters. The molecule has 0 spiro atoms. The van der Waals surface area contributed by atoms with Crippen molar-refractivity contribution in [3.8, 4) is 0 Å². The summed E-state index contributed by atoms with van der Waals surface area (Å²) in [6, 6.07) is 9.47. The van der Waals surface area contributed by atoms with Gasteiger partial charge >= 0.3 is 0 Å². The first-order valence-electron chi connectivity index (χ1n) is 2.96. The predicted octanol–water partition coefficient (Wildman–Crippen LogP) is 1.25. The van der Waals surface area contributed by atoms with Gasteiger partial charge in [0.25, 0.3) is 0 Å². The normalized spacial score (nSPS) is 5.18. The summed E-state index contributed by atoms with van der Waals surface area (Å²) in [6.45, 7) is 1.68. The maximum absolute atomic E-state index is 9.63. The van der Waals surface area contributed by atoms with Gasteiger partial charge in [0, 0.05) is 147 Å². The van der Waals surface area contributed by atoms with Gasteiger partial charge in [-0.15, -0.1) is 0 Å². The van der Waals surface area contributed by atoms with E-state index in [0.29, 0.717) is 6.61 Å². The Kier molecular flexibility index (Phi) is 79.9. The Morgan fingerprint density at radius 1 is 0.824 bits per heavy atom. The fourth-order valence-corrected chi connectivity index (χ4v) is 0.687. The Bertz CT molecular complexity index is 210. The molecular weight excluding hydrogens is 1410 g/mol. The molecule has 1 rings (SSSR count). The number of rotatable bonds is 3. The van der Waals surface area contributed by atoms with Crippen molar-refractivity contribution in [3.63, 3.8) is 0 Å². The topological polar surface area (TPSA) is 26.3 Å². The molecule has 0 saturated carbocycles. The minimum atomic E-state index is 0. The third kappa shape index (κ3) is 24.9. The van der Waals surface area contributed by atoms with Gasteiger partial charge < -0.3 is 9.53 Å². The number of benzene rings is 1. The van der Waals surface area contributed by atoms with Crippen molar-refractivity contribution in [2.75, 3.05) is 0 Å². The zero-order chi connectivity index (χ0) is 7.23.